The van der Waals surface area contributed by atoms with Crippen molar-refractivity contribution in [3.8, 4) is 0 Å². The Morgan fingerprint density at radius 3 is 2.52 bits per heavy atom. The number of benzene rings is 2. The van der Waals surface area contributed by atoms with E-state index in [4.69, 9.17) is 4.74 Å². The second kappa shape index (κ2) is 8.03. The van der Waals surface area contributed by atoms with Gasteiger partial charge in [0.15, 0.2) is 0 Å². The number of ether oxygens (including phenoxy) is 1. The minimum atomic E-state index is -0.522. The van der Waals surface area contributed by atoms with Gasteiger partial charge in [-0.3, -0.25) is 9.59 Å². The molecule has 6 heteroatoms. The van der Waals surface area contributed by atoms with Gasteiger partial charge in [0, 0.05) is 18.7 Å². The van der Waals surface area contributed by atoms with Gasteiger partial charge in [0.25, 0.3) is 0 Å². The Kier molecular flexibility index (Phi) is 5.54. The summed E-state index contributed by atoms with van der Waals surface area (Å²) in [5.74, 6) is -1.37. The molecule has 0 spiro atoms. The lowest BCUT2D eigenvalue weighted by Crippen LogP contribution is -2.28. The highest BCUT2D eigenvalue weighted by Gasteiger charge is 2.35. The van der Waals surface area contributed by atoms with Crippen LogP contribution in [-0.4, -0.2) is 31.4 Å². The Bertz CT molecular complexity index is 861. The summed E-state index contributed by atoms with van der Waals surface area (Å²) in [4.78, 5) is 38.5. The van der Waals surface area contributed by atoms with Gasteiger partial charge in [0.05, 0.1) is 24.3 Å². The zero-order chi connectivity index (χ0) is 19.4. The van der Waals surface area contributed by atoms with Gasteiger partial charge in [0.1, 0.15) is 0 Å². The molecule has 27 heavy (non-hydrogen) atoms. The molecule has 0 unspecified atom stereocenters. The van der Waals surface area contributed by atoms with Crippen LogP contribution in [-0.2, 0) is 20.7 Å². The summed E-state index contributed by atoms with van der Waals surface area (Å²) >= 11 is 0. The molecule has 0 saturated carbocycles. The SMILES string of the molecule is CCc1ccc(N2C[C@H](C(=O)Nc3ccccc3C(=O)OC)CC2=O)cc1. The summed E-state index contributed by atoms with van der Waals surface area (Å²) in [5.41, 5.74) is 2.65. The molecule has 0 radical (unpaired) electrons. The number of para-hydroxylation sites is 1. The first-order valence-electron chi connectivity index (χ1n) is 8.91. The number of anilines is 2. The van der Waals surface area contributed by atoms with Crippen LogP contribution >= 0.6 is 0 Å². The number of hydrogen-bond acceptors (Lipinski definition) is 4. The first kappa shape index (κ1) is 18.6. The molecule has 1 saturated heterocycles. The Morgan fingerprint density at radius 1 is 1.15 bits per heavy atom. The molecule has 1 N–H and O–H groups in total. The van der Waals surface area contributed by atoms with E-state index in [-0.39, 0.29) is 23.8 Å². The number of nitrogens with one attached hydrogen (secondary N) is 1. The van der Waals surface area contributed by atoms with E-state index in [0.29, 0.717) is 12.2 Å². The van der Waals surface area contributed by atoms with Gasteiger partial charge in [-0.15, -0.1) is 0 Å². The molecule has 2 aromatic carbocycles. The number of carbonyl (C=O) groups excluding carboxylic acids is 3. The van der Waals surface area contributed by atoms with Gasteiger partial charge in [-0.25, -0.2) is 4.79 Å². The highest BCUT2D eigenvalue weighted by atomic mass is 16.5. The van der Waals surface area contributed by atoms with E-state index in [0.717, 1.165) is 12.1 Å². The molecule has 0 aromatic heterocycles. The van der Waals surface area contributed by atoms with Crippen molar-refractivity contribution in [1.82, 2.24) is 0 Å². The van der Waals surface area contributed by atoms with Crippen molar-refractivity contribution >= 4 is 29.2 Å². The summed E-state index contributed by atoms with van der Waals surface area (Å²) in [7, 11) is 1.29. The number of carbonyl (C=O) groups is 3. The van der Waals surface area contributed by atoms with E-state index in [1.807, 2.05) is 24.3 Å². The fourth-order valence-electron chi connectivity index (χ4n) is 3.16. The third-order valence-electron chi connectivity index (χ3n) is 4.74. The number of aryl methyl sites for hydroxylation is 1. The van der Waals surface area contributed by atoms with Gasteiger partial charge < -0.3 is 15.0 Å². The monoisotopic (exact) mass is 366 g/mol. The average Bonchev–Trinajstić information content (AvgIpc) is 3.09. The van der Waals surface area contributed by atoms with Gasteiger partial charge >= 0.3 is 5.97 Å². The fraction of sp³-hybridized carbons (Fsp3) is 0.286. The Hall–Kier alpha value is -3.15. The summed E-state index contributed by atoms with van der Waals surface area (Å²) in [5, 5.41) is 2.76. The molecule has 3 rings (SSSR count). The zero-order valence-electron chi connectivity index (χ0n) is 15.4. The van der Waals surface area contributed by atoms with Gasteiger partial charge in [-0.2, -0.15) is 0 Å². The lowest BCUT2D eigenvalue weighted by atomic mass is 10.1. The first-order valence-corrected chi connectivity index (χ1v) is 8.91. The quantitative estimate of drug-likeness (QED) is 0.826. The number of hydrogen-bond donors (Lipinski definition) is 1. The Balaban J connectivity index is 1.72. The van der Waals surface area contributed by atoms with Crippen LogP contribution in [0.5, 0.6) is 0 Å². The molecule has 1 aliphatic rings. The van der Waals surface area contributed by atoms with E-state index in [1.165, 1.54) is 12.7 Å². The standard InChI is InChI=1S/C21H22N2O4/c1-3-14-8-10-16(11-9-14)23-13-15(12-19(23)24)20(25)22-18-7-5-4-6-17(18)21(26)27-2/h4-11,15H,3,12-13H2,1-2H3,(H,22,25)/t15-/m1/s1. The van der Waals surface area contributed by atoms with Crippen molar-refractivity contribution in [3.63, 3.8) is 0 Å². The third kappa shape index (κ3) is 4.00. The molecule has 0 bridgehead atoms. The minimum Gasteiger partial charge on any atom is -0.465 e. The molecule has 1 fully saturated rings. The van der Waals surface area contributed by atoms with Crippen LogP contribution in [0.25, 0.3) is 0 Å². The first-order chi connectivity index (χ1) is 13.0. The van der Waals surface area contributed by atoms with Crippen molar-refractivity contribution in [3.05, 3.63) is 59.7 Å². The lowest BCUT2D eigenvalue weighted by molar-refractivity contribution is -0.122. The smallest absolute Gasteiger partial charge is 0.339 e. The summed E-state index contributed by atoms with van der Waals surface area (Å²) in [6.07, 6.45) is 1.07. The maximum Gasteiger partial charge on any atom is 0.339 e. The fourth-order valence-corrected chi connectivity index (χ4v) is 3.16. The second-order valence-corrected chi connectivity index (χ2v) is 6.45. The van der Waals surface area contributed by atoms with Crippen molar-refractivity contribution in [1.29, 1.82) is 0 Å². The van der Waals surface area contributed by atoms with E-state index in [2.05, 4.69) is 12.2 Å². The van der Waals surface area contributed by atoms with Crippen LogP contribution < -0.4 is 10.2 Å². The molecule has 0 aliphatic carbocycles. The van der Waals surface area contributed by atoms with Crippen LogP contribution in [0, 0.1) is 5.92 Å². The van der Waals surface area contributed by atoms with Crippen molar-refractivity contribution in [2.45, 2.75) is 19.8 Å². The minimum absolute atomic E-state index is 0.0827. The predicted molar refractivity (Wildman–Crippen MR) is 103 cm³/mol. The maximum atomic E-state index is 12.7. The van der Waals surface area contributed by atoms with Crippen molar-refractivity contribution in [2.24, 2.45) is 5.92 Å². The molecule has 140 valence electrons. The molecule has 2 amide bonds. The van der Waals surface area contributed by atoms with E-state index < -0.39 is 11.9 Å². The van der Waals surface area contributed by atoms with Crippen LogP contribution in [0.1, 0.15) is 29.3 Å². The van der Waals surface area contributed by atoms with E-state index in [1.54, 1.807) is 29.2 Å². The predicted octanol–water partition coefficient (Wildman–Crippen LogP) is 3.03. The largest absolute Gasteiger partial charge is 0.465 e. The van der Waals surface area contributed by atoms with Crippen LogP contribution in [0.15, 0.2) is 48.5 Å². The molecule has 1 aliphatic heterocycles. The van der Waals surface area contributed by atoms with E-state index in [9.17, 15) is 14.4 Å². The summed E-state index contributed by atoms with van der Waals surface area (Å²) < 4.78 is 4.74. The number of amides is 2. The number of nitrogens with zero attached hydrogens (tertiary/aromatic N) is 1. The molecule has 1 atom stereocenters. The van der Waals surface area contributed by atoms with Gasteiger partial charge in [-0.05, 0) is 36.2 Å². The summed E-state index contributed by atoms with van der Waals surface area (Å²) in [6.45, 7) is 2.39. The molecular formula is C21H22N2O4. The zero-order valence-corrected chi connectivity index (χ0v) is 15.4. The lowest BCUT2D eigenvalue weighted by Gasteiger charge is -2.17. The summed E-state index contributed by atoms with van der Waals surface area (Å²) in [6, 6.07) is 14.4. The van der Waals surface area contributed by atoms with Crippen molar-refractivity contribution in [2.75, 3.05) is 23.9 Å². The second-order valence-electron chi connectivity index (χ2n) is 6.45. The number of esters is 1. The number of rotatable bonds is 5. The van der Waals surface area contributed by atoms with Gasteiger partial charge in [0.2, 0.25) is 11.8 Å². The highest BCUT2D eigenvalue weighted by molar-refractivity contribution is 6.06. The molecule has 2 aromatic rings. The normalized spacial score (nSPS) is 16.3. The number of methoxy groups -OCH3 is 1. The van der Waals surface area contributed by atoms with Crippen LogP contribution in [0.2, 0.25) is 0 Å². The highest BCUT2D eigenvalue weighted by Crippen LogP contribution is 2.27. The van der Waals surface area contributed by atoms with Crippen LogP contribution in [0.4, 0.5) is 11.4 Å². The van der Waals surface area contributed by atoms with Crippen molar-refractivity contribution < 1.29 is 19.1 Å². The van der Waals surface area contributed by atoms with Crippen LogP contribution in [0.3, 0.4) is 0 Å². The van der Waals surface area contributed by atoms with E-state index >= 15 is 0 Å². The Labute approximate surface area is 158 Å². The Morgan fingerprint density at radius 2 is 1.85 bits per heavy atom. The third-order valence-corrected chi connectivity index (χ3v) is 4.74. The molecule has 1 heterocycles. The average molecular weight is 366 g/mol. The molecule has 6 nitrogen and oxygen atoms in total. The topological polar surface area (TPSA) is 75.7 Å². The van der Waals surface area contributed by atoms with Gasteiger partial charge in [-0.1, -0.05) is 31.2 Å². The molecular weight excluding hydrogens is 344 g/mol. The maximum absolute atomic E-state index is 12.7.